The second-order valence-electron chi connectivity index (χ2n) is 2.98. The van der Waals surface area contributed by atoms with Crippen molar-refractivity contribution in [2.75, 3.05) is 19.0 Å². The van der Waals surface area contributed by atoms with Crippen molar-refractivity contribution in [1.29, 1.82) is 0 Å². The molecule has 1 N–H and O–H groups in total. The Bertz CT molecular complexity index is 346. The number of aromatic nitrogens is 1. The van der Waals surface area contributed by atoms with E-state index in [9.17, 15) is 17.6 Å². The summed E-state index contributed by atoms with van der Waals surface area (Å²) in [7, 11) is 1.36. The second-order valence-corrected chi connectivity index (χ2v) is 2.98. The third-order valence-corrected chi connectivity index (χ3v) is 1.76. The van der Waals surface area contributed by atoms with Crippen LogP contribution in [0.1, 0.15) is 0 Å². The first kappa shape index (κ1) is 12.5. The van der Waals surface area contributed by atoms with Gasteiger partial charge in [0.05, 0.1) is 13.7 Å². The van der Waals surface area contributed by atoms with Gasteiger partial charge in [-0.1, -0.05) is 6.07 Å². The number of rotatable bonds is 5. The highest BCUT2D eigenvalue weighted by Crippen LogP contribution is 2.23. The number of ether oxygens (including phenoxy) is 1. The summed E-state index contributed by atoms with van der Waals surface area (Å²) in [6.45, 7) is -1.18. The zero-order valence-electron chi connectivity index (χ0n) is 8.38. The molecule has 1 heterocycles. The molecule has 0 saturated heterocycles. The first-order chi connectivity index (χ1) is 7.45. The molecule has 0 aliphatic heterocycles. The van der Waals surface area contributed by atoms with Gasteiger partial charge < -0.3 is 10.1 Å². The van der Waals surface area contributed by atoms with Crippen LogP contribution in [-0.2, 0) is 0 Å². The fourth-order valence-electron chi connectivity index (χ4n) is 0.913. The van der Waals surface area contributed by atoms with Gasteiger partial charge in [-0.2, -0.15) is 13.8 Å². The number of nitrogens with zero attached hydrogens (tertiary/aromatic N) is 1. The fourth-order valence-corrected chi connectivity index (χ4v) is 0.913. The molecule has 1 aromatic rings. The monoisotopic (exact) mass is 238 g/mol. The molecule has 0 atom stereocenters. The van der Waals surface area contributed by atoms with Gasteiger partial charge in [-0.05, 0) is 6.07 Å². The van der Waals surface area contributed by atoms with Crippen molar-refractivity contribution >= 4 is 5.82 Å². The van der Waals surface area contributed by atoms with E-state index >= 15 is 0 Å². The maximum absolute atomic E-state index is 12.5. The molecule has 90 valence electrons. The summed E-state index contributed by atoms with van der Waals surface area (Å²) in [6.07, 6.45) is -3.70. The van der Waals surface area contributed by atoms with Crippen LogP contribution in [0.2, 0.25) is 0 Å². The maximum Gasteiger partial charge on any atom is 0.324 e. The summed E-state index contributed by atoms with van der Waals surface area (Å²) in [5.41, 5.74) is 0. The van der Waals surface area contributed by atoms with Crippen LogP contribution in [0, 0.1) is 0 Å². The lowest BCUT2D eigenvalue weighted by molar-refractivity contribution is -0.117. The number of alkyl halides is 4. The summed E-state index contributed by atoms with van der Waals surface area (Å²) in [5, 5.41) is 2.12. The zero-order valence-corrected chi connectivity index (χ0v) is 8.38. The molecule has 0 fully saturated rings. The Morgan fingerprint density at radius 1 is 1.44 bits per heavy atom. The molecular weight excluding hydrogens is 228 g/mol. The summed E-state index contributed by atoms with van der Waals surface area (Å²) < 4.78 is 53.5. The van der Waals surface area contributed by atoms with Gasteiger partial charge in [-0.3, -0.25) is 0 Å². The van der Waals surface area contributed by atoms with E-state index in [-0.39, 0.29) is 11.7 Å². The van der Waals surface area contributed by atoms with Crippen LogP contribution >= 0.6 is 0 Å². The summed E-state index contributed by atoms with van der Waals surface area (Å²) in [5.74, 6) is -3.81. The van der Waals surface area contributed by atoms with Crippen LogP contribution < -0.4 is 10.1 Å². The normalized spacial score (nSPS) is 11.6. The Kier molecular flexibility index (Phi) is 3.92. The van der Waals surface area contributed by atoms with E-state index in [4.69, 9.17) is 4.74 Å². The Labute approximate surface area is 89.4 Å². The zero-order chi connectivity index (χ0) is 12.2. The lowest BCUT2D eigenvalue weighted by Crippen LogP contribution is -2.35. The van der Waals surface area contributed by atoms with Crippen molar-refractivity contribution in [1.82, 2.24) is 4.98 Å². The Morgan fingerprint density at radius 2 is 2.12 bits per heavy atom. The summed E-state index contributed by atoms with van der Waals surface area (Å²) in [4.78, 5) is 3.74. The SMILES string of the molecule is COc1cccc(NCC(F)(F)C(F)F)n1. The van der Waals surface area contributed by atoms with Crippen LogP contribution in [0.3, 0.4) is 0 Å². The van der Waals surface area contributed by atoms with Crippen molar-refractivity contribution in [3.8, 4) is 5.88 Å². The Hall–Kier alpha value is -1.53. The second kappa shape index (κ2) is 5.00. The van der Waals surface area contributed by atoms with Gasteiger partial charge in [-0.25, -0.2) is 8.78 Å². The summed E-state index contributed by atoms with van der Waals surface area (Å²) in [6, 6.07) is 4.40. The topological polar surface area (TPSA) is 34.1 Å². The molecule has 0 bridgehead atoms. The van der Waals surface area contributed by atoms with Gasteiger partial charge in [0.2, 0.25) is 5.88 Å². The first-order valence-electron chi connectivity index (χ1n) is 4.36. The lowest BCUT2D eigenvalue weighted by atomic mass is 10.3. The van der Waals surface area contributed by atoms with E-state index in [1.165, 1.54) is 25.3 Å². The predicted octanol–water partition coefficient (Wildman–Crippen LogP) is 2.40. The molecule has 0 saturated carbocycles. The molecule has 1 rings (SSSR count). The Balaban J connectivity index is 2.60. The van der Waals surface area contributed by atoms with Crippen LogP contribution in [0.5, 0.6) is 5.88 Å². The van der Waals surface area contributed by atoms with Crippen molar-refractivity contribution in [3.63, 3.8) is 0 Å². The van der Waals surface area contributed by atoms with E-state index in [2.05, 4.69) is 10.3 Å². The smallest absolute Gasteiger partial charge is 0.324 e. The minimum absolute atomic E-state index is 0.0553. The van der Waals surface area contributed by atoms with Gasteiger partial charge in [0.15, 0.2) is 0 Å². The molecule has 0 aromatic carbocycles. The van der Waals surface area contributed by atoms with Crippen LogP contribution in [-0.4, -0.2) is 31.0 Å². The van der Waals surface area contributed by atoms with Gasteiger partial charge in [0.1, 0.15) is 5.82 Å². The molecule has 0 radical (unpaired) electrons. The third kappa shape index (κ3) is 3.25. The standard InChI is InChI=1S/C9H10F4N2O/c1-16-7-4-2-3-6(15-7)14-5-9(12,13)8(10)11/h2-4,8H,5H2,1H3,(H,14,15). The molecule has 0 unspecified atom stereocenters. The van der Waals surface area contributed by atoms with Crippen LogP contribution in [0.4, 0.5) is 23.4 Å². The van der Waals surface area contributed by atoms with E-state index < -0.39 is 18.9 Å². The number of pyridine rings is 1. The lowest BCUT2D eigenvalue weighted by Gasteiger charge is -2.16. The third-order valence-electron chi connectivity index (χ3n) is 1.76. The average molecular weight is 238 g/mol. The molecule has 7 heteroatoms. The maximum atomic E-state index is 12.5. The van der Waals surface area contributed by atoms with Gasteiger partial charge in [-0.15, -0.1) is 0 Å². The van der Waals surface area contributed by atoms with Crippen LogP contribution in [0.25, 0.3) is 0 Å². The number of hydrogen-bond donors (Lipinski definition) is 1. The van der Waals surface area contributed by atoms with E-state index in [0.29, 0.717) is 0 Å². The van der Waals surface area contributed by atoms with Crippen LogP contribution in [0.15, 0.2) is 18.2 Å². The van der Waals surface area contributed by atoms with Gasteiger partial charge in [0, 0.05) is 6.07 Å². The van der Waals surface area contributed by atoms with Gasteiger partial charge in [0.25, 0.3) is 0 Å². The highest BCUT2D eigenvalue weighted by atomic mass is 19.3. The van der Waals surface area contributed by atoms with E-state index in [1.807, 2.05) is 0 Å². The number of halogens is 4. The number of nitrogens with one attached hydrogen (secondary N) is 1. The molecule has 0 aliphatic carbocycles. The van der Waals surface area contributed by atoms with Gasteiger partial charge >= 0.3 is 12.3 Å². The summed E-state index contributed by atoms with van der Waals surface area (Å²) >= 11 is 0. The van der Waals surface area contributed by atoms with Crippen molar-refractivity contribution < 1.29 is 22.3 Å². The largest absolute Gasteiger partial charge is 0.481 e. The quantitative estimate of drug-likeness (QED) is 0.800. The Morgan fingerprint density at radius 3 is 2.69 bits per heavy atom. The van der Waals surface area contributed by atoms with E-state index in [1.54, 1.807) is 0 Å². The molecule has 3 nitrogen and oxygen atoms in total. The van der Waals surface area contributed by atoms with E-state index in [0.717, 1.165) is 0 Å². The highest BCUT2D eigenvalue weighted by molar-refractivity contribution is 5.37. The molecular formula is C9H10F4N2O. The minimum atomic E-state index is -4.08. The molecule has 16 heavy (non-hydrogen) atoms. The minimum Gasteiger partial charge on any atom is -0.481 e. The van der Waals surface area contributed by atoms with Crippen molar-refractivity contribution in [3.05, 3.63) is 18.2 Å². The highest BCUT2D eigenvalue weighted by Gasteiger charge is 2.40. The fraction of sp³-hybridized carbons (Fsp3) is 0.444. The molecule has 0 aliphatic rings. The molecule has 0 spiro atoms. The van der Waals surface area contributed by atoms with Crippen molar-refractivity contribution in [2.24, 2.45) is 0 Å². The predicted molar refractivity (Wildman–Crippen MR) is 50.2 cm³/mol. The molecule has 1 aromatic heterocycles. The average Bonchev–Trinajstić information content (AvgIpc) is 2.26. The number of hydrogen-bond acceptors (Lipinski definition) is 3. The van der Waals surface area contributed by atoms with Crippen molar-refractivity contribution in [2.45, 2.75) is 12.3 Å². The molecule has 0 amide bonds. The number of methoxy groups -OCH3 is 1. The first-order valence-corrected chi connectivity index (χ1v) is 4.36. The number of anilines is 1.